The van der Waals surface area contributed by atoms with Crippen molar-refractivity contribution in [1.29, 1.82) is 0 Å². The van der Waals surface area contributed by atoms with Crippen molar-refractivity contribution < 1.29 is 58.4 Å². The van der Waals surface area contributed by atoms with Crippen molar-refractivity contribution in [2.75, 3.05) is 12.8 Å². The summed E-state index contributed by atoms with van der Waals surface area (Å²) in [6, 6.07) is 13.1. The molecule has 10 heteroatoms. The standard InChI is InChI=1S/C16H12NO3.Na.H2O4S/c1-19-15-7-6-10(8-13(15)17)12-9-20-14-5-3-2-4-11(14)16(12)18;;1-2-3-4-5/h2,4-9H,17H2,1H3;;1,5H/q-1;+1;. The van der Waals surface area contributed by atoms with Gasteiger partial charge in [0.05, 0.1) is 24.6 Å². The average Bonchev–Trinajstić information content (AvgIpc) is 2.63. The first kappa shape index (κ1) is 22.5. The number of nitrogens with two attached hydrogens (primary N) is 1. The normalized spacial score (nSPS) is 9.81. The third-order valence-corrected chi connectivity index (χ3v) is 3.28. The van der Waals surface area contributed by atoms with E-state index in [0.29, 0.717) is 33.5 Å². The van der Waals surface area contributed by atoms with E-state index < -0.39 is 0 Å². The van der Waals surface area contributed by atoms with Gasteiger partial charge in [0.1, 0.15) is 5.75 Å². The molecule has 0 amide bonds. The molecule has 0 atom stereocenters. The molecule has 0 saturated carbocycles. The summed E-state index contributed by atoms with van der Waals surface area (Å²) in [5, 5.41) is 13.8. The molecule has 0 fully saturated rings. The van der Waals surface area contributed by atoms with Crippen LogP contribution < -0.4 is 45.5 Å². The van der Waals surface area contributed by atoms with Gasteiger partial charge in [0, 0.05) is 18.5 Å². The number of rotatable bonds is 4. The number of benzene rings is 2. The largest absolute Gasteiger partial charge is 1.00 e. The second-order valence-corrected chi connectivity index (χ2v) is 4.72. The smallest absolute Gasteiger partial charge is 0.522 e. The SMILES string of the molecule is COc1ccc(-c2coc3c[c-]ccc3c2=O)cc1N.OOOOS.[Na+]. The summed E-state index contributed by atoms with van der Waals surface area (Å²) < 4.78 is 14.0. The van der Waals surface area contributed by atoms with Gasteiger partial charge >= 0.3 is 29.6 Å². The number of nitrogen functional groups attached to an aromatic ring is 1. The van der Waals surface area contributed by atoms with Crippen LogP contribution in [0.5, 0.6) is 5.75 Å². The molecule has 3 N–H and O–H groups in total. The van der Waals surface area contributed by atoms with Crippen LogP contribution in [0, 0.1) is 6.07 Å². The molecule has 0 spiro atoms. The van der Waals surface area contributed by atoms with E-state index in [9.17, 15) is 4.79 Å². The minimum absolute atomic E-state index is 0. The molecule has 0 saturated heterocycles. The van der Waals surface area contributed by atoms with Crippen molar-refractivity contribution in [3.8, 4) is 16.9 Å². The van der Waals surface area contributed by atoms with E-state index in [1.807, 2.05) is 0 Å². The molecular formula is C16H14NNaO7S. The molecule has 2 aromatic carbocycles. The molecule has 0 aliphatic rings. The van der Waals surface area contributed by atoms with Crippen LogP contribution in [0.25, 0.3) is 22.1 Å². The van der Waals surface area contributed by atoms with E-state index in [2.05, 4.69) is 33.4 Å². The van der Waals surface area contributed by atoms with Crippen molar-refractivity contribution in [2.24, 2.45) is 0 Å². The molecule has 1 aromatic heterocycles. The van der Waals surface area contributed by atoms with Gasteiger partial charge in [0.25, 0.3) is 0 Å². The van der Waals surface area contributed by atoms with Crippen LogP contribution in [-0.2, 0) is 14.4 Å². The summed E-state index contributed by atoms with van der Waals surface area (Å²) in [4.78, 5) is 12.4. The van der Waals surface area contributed by atoms with Crippen LogP contribution in [0.15, 0.2) is 51.9 Å². The third-order valence-electron chi connectivity index (χ3n) is 3.22. The fraction of sp³-hybridized carbons (Fsp3) is 0.0625. The quantitative estimate of drug-likeness (QED) is 0.109. The zero-order valence-electron chi connectivity index (χ0n) is 14.0. The van der Waals surface area contributed by atoms with Gasteiger partial charge in [-0.15, -0.1) is 10.4 Å². The number of ether oxygens (including phenoxy) is 1. The molecule has 0 radical (unpaired) electrons. The van der Waals surface area contributed by atoms with Gasteiger partial charge in [0.2, 0.25) is 0 Å². The predicted octanol–water partition coefficient (Wildman–Crippen LogP) is 0.0390. The zero-order chi connectivity index (χ0) is 18.2. The number of thiol groups is 1. The molecule has 0 aliphatic carbocycles. The third kappa shape index (κ3) is 5.47. The van der Waals surface area contributed by atoms with Crippen LogP contribution in [0.1, 0.15) is 0 Å². The molecule has 1 heterocycles. The number of methoxy groups -OCH3 is 1. The van der Waals surface area contributed by atoms with Gasteiger partial charge in [-0.05, 0) is 33.2 Å². The van der Waals surface area contributed by atoms with Crippen molar-refractivity contribution in [3.05, 3.63) is 59.0 Å². The second-order valence-electron chi connectivity index (χ2n) is 4.57. The molecule has 3 rings (SSSR count). The topological polar surface area (TPSA) is 113 Å². The van der Waals surface area contributed by atoms with E-state index >= 15 is 0 Å². The van der Waals surface area contributed by atoms with Crippen molar-refractivity contribution in [2.45, 2.75) is 0 Å². The monoisotopic (exact) mass is 387 g/mol. The minimum Gasteiger partial charge on any atom is -0.522 e. The van der Waals surface area contributed by atoms with Gasteiger partial charge in [-0.1, -0.05) is 6.07 Å². The number of hydrogen-bond acceptors (Lipinski definition) is 9. The molecule has 0 bridgehead atoms. The number of hydrogen-bond donors (Lipinski definition) is 3. The van der Waals surface area contributed by atoms with Crippen molar-refractivity contribution >= 4 is 29.6 Å². The van der Waals surface area contributed by atoms with E-state index in [4.69, 9.17) is 20.1 Å². The Labute approximate surface area is 176 Å². The fourth-order valence-electron chi connectivity index (χ4n) is 2.14. The van der Waals surface area contributed by atoms with Crippen LogP contribution in [-0.4, -0.2) is 12.4 Å². The van der Waals surface area contributed by atoms with Crippen molar-refractivity contribution in [1.82, 2.24) is 0 Å². The molecule has 8 nitrogen and oxygen atoms in total. The van der Waals surface area contributed by atoms with Gasteiger partial charge in [-0.25, -0.2) is 5.26 Å². The van der Waals surface area contributed by atoms with Gasteiger partial charge < -0.3 is 14.9 Å². The molecule has 132 valence electrons. The summed E-state index contributed by atoms with van der Waals surface area (Å²) in [5.41, 5.74) is 7.94. The Bertz CT molecular complexity index is 901. The maximum Gasteiger partial charge on any atom is 1.00 e. The minimum atomic E-state index is -0.0928. The summed E-state index contributed by atoms with van der Waals surface area (Å²) in [6.07, 6.45) is 1.44. The molecular weight excluding hydrogens is 373 g/mol. The molecule has 26 heavy (non-hydrogen) atoms. The zero-order valence-corrected chi connectivity index (χ0v) is 16.9. The summed E-state index contributed by atoms with van der Waals surface area (Å²) in [7, 11) is 1.55. The Morgan fingerprint density at radius 1 is 1.31 bits per heavy atom. The Balaban J connectivity index is 0.000000501. The number of anilines is 1. The molecule has 0 aliphatic heterocycles. The Hall–Kier alpha value is -1.56. The Kier molecular flexibility index (Phi) is 9.70. The van der Waals surface area contributed by atoms with Gasteiger partial charge in [-0.2, -0.15) is 18.2 Å². The molecule has 0 unspecified atom stereocenters. The Morgan fingerprint density at radius 3 is 2.65 bits per heavy atom. The predicted molar refractivity (Wildman–Crippen MR) is 92.6 cm³/mol. The first-order chi connectivity index (χ1) is 12.1. The summed E-state index contributed by atoms with van der Waals surface area (Å²) in [5.74, 6) is 0.577. The van der Waals surface area contributed by atoms with Crippen LogP contribution in [0.4, 0.5) is 5.69 Å². The van der Waals surface area contributed by atoms with E-state index in [-0.39, 0.29) is 35.0 Å². The van der Waals surface area contributed by atoms with Crippen LogP contribution in [0.3, 0.4) is 0 Å². The van der Waals surface area contributed by atoms with E-state index in [1.165, 1.54) is 6.26 Å². The van der Waals surface area contributed by atoms with Crippen LogP contribution in [0.2, 0.25) is 0 Å². The van der Waals surface area contributed by atoms with Crippen molar-refractivity contribution in [3.63, 3.8) is 0 Å². The first-order valence-corrected chi connectivity index (χ1v) is 7.12. The van der Waals surface area contributed by atoms with E-state index in [1.54, 1.807) is 43.5 Å². The molecule has 3 aromatic rings. The average molecular weight is 387 g/mol. The second kappa shape index (κ2) is 11.2. The van der Waals surface area contributed by atoms with E-state index in [0.717, 1.165) is 0 Å². The maximum absolute atomic E-state index is 12.4. The number of fused-ring (bicyclic) bond motifs is 1. The first-order valence-electron chi connectivity index (χ1n) is 6.76. The summed E-state index contributed by atoms with van der Waals surface area (Å²) in [6.45, 7) is 0. The van der Waals surface area contributed by atoms with Gasteiger partial charge in [0.15, 0.2) is 5.43 Å². The summed E-state index contributed by atoms with van der Waals surface area (Å²) >= 11 is 2.99. The fourth-order valence-corrected chi connectivity index (χ4v) is 2.16. The van der Waals surface area contributed by atoms with Gasteiger partial charge in [-0.3, -0.25) is 4.79 Å². The van der Waals surface area contributed by atoms with Crippen LogP contribution >= 0.6 is 12.9 Å². The maximum atomic E-state index is 12.4. The Morgan fingerprint density at radius 2 is 2.08 bits per heavy atom.